The molecule has 0 aromatic heterocycles. The molecule has 0 aromatic carbocycles. The molecule has 12 heteroatoms. The molecule has 3 saturated heterocycles. The number of cyclic esters (lactones) is 1. The van der Waals surface area contributed by atoms with Crippen LogP contribution in [-0.2, 0) is 33.3 Å². The van der Waals surface area contributed by atoms with Crippen LogP contribution in [0.3, 0.4) is 0 Å². The molecule has 0 unspecified atom stereocenters. The largest absolute Gasteiger partial charge is 0.509 e. The summed E-state index contributed by atoms with van der Waals surface area (Å²) in [5.41, 5.74) is -2.88. The Morgan fingerprint density at radius 3 is 2.29 bits per heavy atom. The fourth-order valence-corrected chi connectivity index (χ4v) is 6.96. The Morgan fingerprint density at radius 2 is 1.69 bits per heavy atom. The zero-order valence-electron chi connectivity index (χ0n) is 26.8. The fourth-order valence-electron chi connectivity index (χ4n) is 6.96. The van der Waals surface area contributed by atoms with Crippen molar-refractivity contribution >= 4 is 18.0 Å². The number of carbonyl (C=O) groups is 3. The van der Waals surface area contributed by atoms with Crippen LogP contribution in [-0.4, -0.2) is 107 Å². The molecule has 0 spiro atoms. The summed E-state index contributed by atoms with van der Waals surface area (Å²) in [6.07, 6.45) is -4.48. The van der Waals surface area contributed by atoms with E-state index in [0.717, 1.165) is 0 Å². The molecule has 0 aliphatic carbocycles. The minimum absolute atomic E-state index is 0.102. The van der Waals surface area contributed by atoms with E-state index in [2.05, 4.69) is 5.32 Å². The molecule has 13 atom stereocenters. The van der Waals surface area contributed by atoms with Crippen LogP contribution in [0.5, 0.6) is 0 Å². The predicted octanol–water partition coefficient (Wildman–Crippen LogP) is 2.37. The molecule has 3 rings (SSSR count). The van der Waals surface area contributed by atoms with Gasteiger partial charge in [-0.15, -0.1) is 0 Å². The lowest BCUT2D eigenvalue weighted by molar-refractivity contribution is -0.294. The van der Waals surface area contributed by atoms with E-state index < -0.39 is 83.7 Å². The van der Waals surface area contributed by atoms with E-state index in [1.54, 1.807) is 41.5 Å². The highest BCUT2D eigenvalue weighted by atomic mass is 16.8. The van der Waals surface area contributed by atoms with Crippen molar-refractivity contribution in [3.8, 4) is 0 Å². The number of ether oxygens (including phenoxy) is 5. The molecule has 0 bridgehead atoms. The van der Waals surface area contributed by atoms with E-state index in [4.69, 9.17) is 23.7 Å². The Bertz CT molecular complexity index is 976. The highest BCUT2D eigenvalue weighted by Crippen LogP contribution is 2.39. The fraction of sp³-hybridized carbons (Fsp3) is 0.900. The second-order valence-corrected chi connectivity index (χ2v) is 13.4. The number of esters is 1. The van der Waals surface area contributed by atoms with Crippen molar-refractivity contribution in [3.05, 3.63) is 0 Å². The third-order valence-corrected chi connectivity index (χ3v) is 9.15. The maximum absolute atomic E-state index is 13.4. The molecule has 3 heterocycles. The van der Waals surface area contributed by atoms with Crippen molar-refractivity contribution in [1.29, 1.82) is 0 Å². The molecule has 12 nitrogen and oxygen atoms in total. The van der Waals surface area contributed by atoms with Crippen LogP contribution in [0.2, 0.25) is 0 Å². The Morgan fingerprint density at radius 1 is 1.05 bits per heavy atom. The minimum Gasteiger partial charge on any atom is -0.458 e. The SMILES string of the molecule is CC[C@H]1OC(=O)[C@H](C)C[C@H](C)[C@@H](O[C@@H]2O[C@H](C)C[C@H](N(C)C)[C@H]2O)[C@](C)(O)C[C@@H](C)NC(=O)[C@H](C)[C@H]2OC(=O)O[C@@]21C. The Balaban J connectivity index is 1.97. The summed E-state index contributed by atoms with van der Waals surface area (Å²) in [5, 5.41) is 26.0. The number of aliphatic hydroxyl groups excluding tert-OH is 1. The van der Waals surface area contributed by atoms with Crippen LogP contribution in [0.1, 0.15) is 81.1 Å². The van der Waals surface area contributed by atoms with Gasteiger partial charge < -0.3 is 44.1 Å². The van der Waals surface area contributed by atoms with Crippen molar-refractivity contribution in [2.75, 3.05) is 14.1 Å². The number of aliphatic hydroxyl groups is 2. The monoisotopic (exact) mass is 600 g/mol. The number of nitrogens with zero attached hydrogens (tertiary/aromatic N) is 1. The lowest BCUT2D eigenvalue weighted by Gasteiger charge is -2.46. The maximum atomic E-state index is 13.4. The lowest BCUT2D eigenvalue weighted by atomic mass is 9.80. The highest BCUT2D eigenvalue weighted by Gasteiger charge is 2.58. The predicted molar refractivity (Wildman–Crippen MR) is 152 cm³/mol. The molecule has 3 aliphatic heterocycles. The number of hydrogen-bond acceptors (Lipinski definition) is 11. The van der Waals surface area contributed by atoms with Gasteiger partial charge in [0.05, 0.1) is 29.6 Å². The van der Waals surface area contributed by atoms with Crippen LogP contribution >= 0.6 is 0 Å². The van der Waals surface area contributed by atoms with Crippen molar-refractivity contribution in [3.63, 3.8) is 0 Å². The third-order valence-electron chi connectivity index (χ3n) is 9.15. The summed E-state index contributed by atoms with van der Waals surface area (Å²) in [6.45, 7) is 14.0. The van der Waals surface area contributed by atoms with Crippen LogP contribution in [0.25, 0.3) is 0 Å². The number of rotatable bonds is 4. The van der Waals surface area contributed by atoms with E-state index in [1.165, 1.54) is 0 Å². The summed E-state index contributed by atoms with van der Waals surface area (Å²) in [4.78, 5) is 41.0. The first-order chi connectivity index (χ1) is 19.4. The van der Waals surface area contributed by atoms with Gasteiger partial charge in [0.15, 0.2) is 18.0 Å². The number of carbonyl (C=O) groups excluding carboxylic acids is 3. The molecule has 0 aromatic rings. The topological polar surface area (TPSA) is 153 Å². The third kappa shape index (κ3) is 7.38. The molecular formula is C30H52N2O10. The van der Waals surface area contributed by atoms with Gasteiger partial charge in [-0.1, -0.05) is 20.8 Å². The van der Waals surface area contributed by atoms with Gasteiger partial charge in [-0.25, -0.2) is 4.79 Å². The molecule has 3 fully saturated rings. The van der Waals surface area contributed by atoms with Gasteiger partial charge in [-0.05, 0) is 80.3 Å². The van der Waals surface area contributed by atoms with Gasteiger partial charge in [-0.3, -0.25) is 9.59 Å². The molecule has 3 aliphatic rings. The minimum atomic E-state index is -1.50. The van der Waals surface area contributed by atoms with Gasteiger partial charge in [0.1, 0.15) is 12.2 Å². The van der Waals surface area contributed by atoms with Gasteiger partial charge in [-0.2, -0.15) is 0 Å². The van der Waals surface area contributed by atoms with Gasteiger partial charge in [0, 0.05) is 12.1 Å². The van der Waals surface area contributed by atoms with Crippen LogP contribution in [0.15, 0.2) is 0 Å². The number of nitrogens with one attached hydrogen (secondary N) is 1. The van der Waals surface area contributed by atoms with E-state index in [9.17, 15) is 24.6 Å². The molecule has 0 radical (unpaired) electrons. The average molecular weight is 601 g/mol. The van der Waals surface area contributed by atoms with E-state index in [-0.39, 0.29) is 18.6 Å². The van der Waals surface area contributed by atoms with Crippen molar-refractivity contribution in [2.24, 2.45) is 17.8 Å². The first-order valence-corrected chi connectivity index (χ1v) is 15.2. The summed E-state index contributed by atoms with van der Waals surface area (Å²) in [7, 11) is 3.77. The second kappa shape index (κ2) is 13.3. The zero-order chi connectivity index (χ0) is 31.7. The van der Waals surface area contributed by atoms with Gasteiger partial charge in [0.25, 0.3) is 0 Å². The summed E-state index contributed by atoms with van der Waals surface area (Å²) < 4.78 is 29.4. The molecule has 42 heavy (non-hydrogen) atoms. The first-order valence-electron chi connectivity index (χ1n) is 15.2. The standard InChI is InChI=1S/C30H52N2O10/c1-11-21-30(8)24(41-28(36)42-30)19(6)25(34)31-17(4)14-29(7,37)23(15(2)12-16(3)26(35)39-21)40-27-22(33)20(32(9)10)13-18(5)38-27/h15-24,27,33,37H,11-14H2,1-10H3,(H,31,34)/t15-,16+,17+,18+,19+,20-,21+,22+,23+,24+,27-,29+,30+/m0/s1. The van der Waals surface area contributed by atoms with Gasteiger partial charge in [0.2, 0.25) is 5.91 Å². The molecule has 0 saturated carbocycles. The molecule has 1 amide bonds. The number of fused-ring (bicyclic) bond motifs is 1. The van der Waals surface area contributed by atoms with Crippen LogP contribution < -0.4 is 5.32 Å². The summed E-state index contributed by atoms with van der Waals surface area (Å²) >= 11 is 0. The van der Waals surface area contributed by atoms with Gasteiger partial charge >= 0.3 is 12.1 Å². The maximum Gasteiger partial charge on any atom is 0.509 e. The highest BCUT2D eigenvalue weighted by molar-refractivity contribution is 5.80. The molecule has 242 valence electrons. The molecular weight excluding hydrogens is 548 g/mol. The normalized spacial score (nSPS) is 46.0. The van der Waals surface area contributed by atoms with E-state index >= 15 is 0 Å². The van der Waals surface area contributed by atoms with E-state index in [1.807, 2.05) is 32.8 Å². The number of hydrogen-bond donors (Lipinski definition) is 3. The lowest BCUT2D eigenvalue weighted by Crippen LogP contribution is -2.58. The Labute approximate surface area is 249 Å². The van der Waals surface area contributed by atoms with Crippen molar-refractivity contribution in [1.82, 2.24) is 10.2 Å². The number of amides is 1. The average Bonchev–Trinajstić information content (AvgIpc) is 3.19. The summed E-state index contributed by atoms with van der Waals surface area (Å²) in [6, 6.07) is -0.719. The Kier molecular flexibility index (Phi) is 11.0. The van der Waals surface area contributed by atoms with Crippen molar-refractivity contribution < 1.29 is 48.3 Å². The second-order valence-electron chi connectivity index (χ2n) is 13.4. The summed E-state index contributed by atoms with van der Waals surface area (Å²) in [5.74, 6) is -2.76. The van der Waals surface area contributed by atoms with Crippen LogP contribution in [0.4, 0.5) is 4.79 Å². The smallest absolute Gasteiger partial charge is 0.458 e. The van der Waals surface area contributed by atoms with Crippen LogP contribution in [0, 0.1) is 17.8 Å². The Hall–Kier alpha value is -1.99. The zero-order valence-corrected chi connectivity index (χ0v) is 26.8. The van der Waals surface area contributed by atoms with Crippen molar-refractivity contribution in [2.45, 2.75) is 141 Å². The molecule has 3 N–H and O–H groups in total. The quantitative estimate of drug-likeness (QED) is 0.408. The first kappa shape index (κ1) is 34.5. The van der Waals surface area contributed by atoms with E-state index in [0.29, 0.717) is 19.3 Å². The number of likely N-dealkylation sites (N-methyl/N-ethyl adjacent to an activating group) is 1.